The van der Waals surface area contributed by atoms with Gasteiger partial charge in [0.15, 0.2) is 5.60 Å². The van der Waals surface area contributed by atoms with E-state index in [0.717, 1.165) is 12.1 Å². The molecule has 0 aromatic heterocycles. The standard InChI is InChI=1S/C14H8ClF2NO2/c15-10-3-1-2-9(12(10)17)14(20)8-5-4-7(16)6-11(8)18-13(14)19/h1-6,20H,(H,18,19). The normalized spacial score (nSPS) is 20.7. The molecule has 6 heteroatoms. The first-order chi connectivity index (χ1) is 9.44. The van der Waals surface area contributed by atoms with Gasteiger partial charge in [0.1, 0.15) is 11.6 Å². The molecule has 2 aromatic rings. The number of hydrogen-bond acceptors (Lipinski definition) is 2. The van der Waals surface area contributed by atoms with E-state index in [4.69, 9.17) is 11.6 Å². The van der Waals surface area contributed by atoms with Crippen molar-refractivity contribution >= 4 is 23.2 Å². The van der Waals surface area contributed by atoms with Crippen LogP contribution in [0.15, 0.2) is 36.4 Å². The number of carbonyl (C=O) groups excluding carboxylic acids is 1. The molecule has 102 valence electrons. The Morgan fingerprint density at radius 3 is 2.65 bits per heavy atom. The molecule has 1 unspecified atom stereocenters. The second kappa shape index (κ2) is 4.26. The summed E-state index contributed by atoms with van der Waals surface area (Å²) in [6.07, 6.45) is 0. The summed E-state index contributed by atoms with van der Waals surface area (Å²) in [4.78, 5) is 12.0. The van der Waals surface area contributed by atoms with Gasteiger partial charge in [0, 0.05) is 11.1 Å². The maximum Gasteiger partial charge on any atom is 0.265 e. The van der Waals surface area contributed by atoms with Gasteiger partial charge in [0.25, 0.3) is 5.91 Å². The lowest BCUT2D eigenvalue weighted by Crippen LogP contribution is -2.36. The van der Waals surface area contributed by atoms with E-state index in [0.29, 0.717) is 0 Å². The molecule has 0 saturated carbocycles. The van der Waals surface area contributed by atoms with Crippen LogP contribution in [0.3, 0.4) is 0 Å². The van der Waals surface area contributed by atoms with Gasteiger partial charge in [-0.2, -0.15) is 0 Å². The number of amides is 1. The Morgan fingerprint density at radius 1 is 1.15 bits per heavy atom. The first-order valence-corrected chi connectivity index (χ1v) is 6.10. The molecule has 1 amide bonds. The van der Waals surface area contributed by atoms with E-state index in [9.17, 15) is 18.7 Å². The molecule has 1 atom stereocenters. The molecule has 2 aromatic carbocycles. The Labute approximate surface area is 117 Å². The molecule has 20 heavy (non-hydrogen) atoms. The summed E-state index contributed by atoms with van der Waals surface area (Å²) in [5.74, 6) is -2.30. The lowest BCUT2D eigenvalue weighted by Gasteiger charge is -2.22. The third-order valence-electron chi connectivity index (χ3n) is 3.29. The van der Waals surface area contributed by atoms with Crippen LogP contribution in [0.4, 0.5) is 14.5 Å². The summed E-state index contributed by atoms with van der Waals surface area (Å²) < 4.78 is 27.3. The smallest absolute Gasteiger partial charge is 0.265 e. The van der Waals surface area contributed by atoms with Gasteiger partial charge in [-0.15, -0.1) is 0 Å². The number of aliphatic hydroxyl groups is 1. The number of fused-ring (bicyclic) bond motifs is 1. The second-order valence-electron chi connectivity index (χ2n) is 4.46. The van der Waals surface area contributed by atoms with Crippen LogP contribution >= 0.6 is 11.6 Å². The Hall–Kier alpha value is -1.98. The summed E-state index contributed by atoms with van der Waals surface area (Å²) in [5, 5.41) is 12.8. The minimum absolute atomic E-state index is 0.0880. The average molecular weight is 296 g/mol. The van der Waals surface area contributed by atoms with Crippen molar-refractivity contribution in [1.29, 1.82) is 0 Å². The predicted octanol–water partition coefficient (Wildman–Crippen LogP) is 2.81. The zero-order valence-corrected chi connectivity index (χ0v) is 10.7. The molecule has 0 radical (unpaired) electrons. The molecule has 3 nitrogen and oxygen atoms in total. The Bertz CT molecular complexity index is 735. The molecule has 0 aliphatic carbocycles. The highest BCUT2D eigenvalue weighted by Crippen LogP contribution is 2.42. The minimum Gasteiger partial charge on any atom is -0.372 e. The molecule has 1 heterocycles. The summed E-state index contributed by atoms with van der Waals surface area (Å²) in [5.41, 5.74) is -2.30. The molecular formula is C14H8ClF2NO2. The number of rotatable bonds is 1. The van der Waals surface area contributed by atoms with Crippen molar-refractivity contribution in [3.63, 3.8) is 0 Å². The van der Waals surface area contributed by atoms with Crippen LogP contribution in [0.1, 0.15) is 11.1 Å². The van der Waals surface area contributed by atoms with Gasteiger partial charge >= 0.3 is 0 Å². The summed E-state index contributed by atoms with van der Waals surface area (Å²) in [6, 6.07) is 7.39. The zero-order chi connectivity index (χ0) is 14.5. The quantitative estimate of drug-likeness (QED) is 0.850. The monoisotopic (exact) mass is 295 g/mol. The topological polar surface area (TPSA) is 49.3 Å². The first kappa shape index (κ1) is 13.0. The van der Waals surface area contributed by atoms with Crippen molar-refractivity contribution in [2.45, 2.75) is 5.60 Å². The van der Waals surface area contributed by atoms with Crippen LogP contribution < -0.4 is 5.32 Å². The maximum absolute atomic E-state index is 14.1. The molecule has 0 spiro atoms. The number of halogens is 3. The number of benzene rings is 2. The largest absolute Gasteiger partial charge is 0.372 e. The number of nitrogens with one attached hydrogen (secondary N) is 1. The summed E-state index contributed by atoms with van der Waals surface area (Å²) >= 11 is 5.68. The van der Waals surface area contributed by atoms with Crippen LogP contribution in [0.5, 0.6) is 0 Å². The molecule has 0 saturated heterocycles. The van der Waals surface area contributed by atoms with Crippen molar-refractivity contribution in [3.8, 4) is 0 Å². The van der Waals surface area contributed by atoms with E-state index in [1.54, 1.807) is 0 Å². The highest BCUT2D eigenvalue weighted by Gasteiger charge is 2.48. The van der Waals surface area contributed by atoms with Gasteiger partial charge in [-0.25, -0.2) is 8.78 Å². The zero-order valence-electron chi connectivity index (χ0n) is 9.95. The third-order valence-corrected chi connectivity index (χ3v) is 3.58. The first-order valence-electron chi connectivity index (χ1n) is 5.73. The Morgan fingerprint density at radius 2 is 1.90 bits per heavy atom. The van der Waals surface area contributed by atoms with Gasteiger partial charge < -0.3 is 10.4 Å². The van der Waals surface area contributed by atoms with E-state index >= 15 is 0 Å². The van der Waals surface area contributed by atoms with Crippen molar-refractivity contribution in [1.82, 2.24) is 0 Å². The van der Waals surface area contributed by atoms with E-state index < -0.39 is 23.1 Å². The van der Waals surface area contributed by atoms with Crippen molar-refractivity contribution < 1.29 is 18.7 Å². The highest BCUT2D eigenvalue weighted by atomic mass is 35.5. The second-order valence-corrected chi connectivity index (χ2v) is 4.86. The Kier molecular flexibility index (Phi) is 2.77. The van der Waals surface area contributed by atoms with Gasteiger partial charge in [-0.3, -0.25) is 4.79 Å². The lowest BCUT2D eigenvalue weighted by molar-refractivity contribution is -0.129. The molecule has 0 bridgehead atoms. The van der Waals surface area contributed by atoms with Gasteiger partial charge in [0.05, 0.1) is 10.7 Å². The lowest BCUT2D eigenvalue weighted by atomic mass is 9.87. The Balaban J connectivity index is 2.27. The van der Waals surface area contributed by atoms with Crippen LogP contribution in [0.25, 0.3) is 0 Å². The van der Waals surface area contributed by atoms with Gasteiger partial charge in [-0.05, 0) is 18.2 Å². The maximum atomic E-state index is 14.1. The van der Waals surface area contributed by atoms with E-state index in [2.05, 4.69) is 5.32 Å². The van der Waals surface area contributed by atoms with Crippen molar-refractivity contribution in [3.05, 3.63) is 64.2 Å². The molecule has 2 N–H and O–H groups in total. The molecule has 0 fully saturated rings. The van der Waals surface area contributed by atoms with Crippen LogP contribution in [-0.4, -0.2) is 11.0 Å². The molecule has 1 aliphatic heterocycles. The van der Waals surface area contributed by atoms with E-state index in [1.807, 2.05) is 0 Å². The third kappa shape index (κ3) is 1.63. The number of carbonyl (C=O) groups is 1. The predicted molar refractivity (Wildman–Crippen MR) is 69.4 cm³/mol. The highest BCUT2D eigenvalue weighted by molar-refractivity contribution is 6.30. The van der Waals surface area contributed by atoms with Crippen LogP contribution in [0, 0.1) is 11.6 Å². The number of hydrogen-bond donors (Lipinski definition) is 2. The van der Waals surface area contributed by atoms with Crippen LogP contribution in [-0.2, 0) is 10.4 Å². The van der Waals surface area contributed by atoms with Gasteiger partial charge in [-0.1, -0.05) is 29.8 Å². The SMILES string of the molecule is O=C1Nc2cc(F)ccc2C1(O)c1cccc(Cl)c1F. The average Bonchev–Trinajstić information content (AvgIpc) is 2.65. The molecular weight excluding hydrogens is 288 g/mol. The molecule has 1 aliphatic rings. The minimum atomic E-state index is -2.22. The summed E-state index contributed by atoms with van der Waals surface area (Å²) in [7, 11) is 0. The molecule has 3 rings (SSSR count). The van der Waals surface area contributed by atoms with Crippen molar-refractivity contribution in [2.75, 3.05) is 5.32 Å². The van der Waals surface area contributed by atoms with E-state index in [-0.39, 0.29) is 21.8 Å². The van der Waals surface area contributed by atoms with Gasteiger partial charge in [0.2, 0.25) is 0 Å². The summed E-state index contributed by atoms with van der Waals surface area (Å²) in [6.45, 7) is 0. The van der Waals surface area contributed by atoms with Crippen LogP contribution in [0.2, 0.25) is 5.02 Å². The fourth-order valence-corrected chi connectivity index (χ4v) is 2.50. The van der Waals surface area contributed by atoms with Crippen molar-refractivity contribution in [2.24, 2.45) is 0 Å². The number of anilines is 1. The fourth-order valence-electron chi connectivity index (χ4n) is 2.32. The van der Waals surface area contributed by atoms with E-state index in [1.165, 1.54) is 24.3 Å². The fraction of sp³-hybridized carbons (Fsp3) is 0.0714.